The largest absolute Gasteiger partial charge is 0.370 e. The van der Waals surface area contributed by atoms with Gasteiger partial charge in [-0.25, -0.2) is 0 Å². The highest BCUT2D eigenvalue weighted by molar-refractivity contribution is 14.0. The number of halogens is 1. The Balaban J connectivity index is 0.00000441. The van der Waals surface area contributed by atoms with E-state index in [2.05, 4.69) is 29.3 Å². The molecule has 0 aromatic carbocycles. The molecule has 5 nitrogen and oxygen atoms in total. The molecule has 0 radical (unpaired) electrons. The summed E-state index contributed by atoms with van der Waals surface area (Å²) in [5.41, 5.74) is 5.87. The van der Waals surface area contributed by atoms with E-state index in [0.717, 1.165) is 19.6 Å². The van der Waals surface area contributed by atoms with Crippen LogP contribution in [0.25, 0.3) is 0 Å². The Hall–Kier alpha value is -0.790. The Bertz CT molecular complexity index is 378. The first kappa shape index (κ1) is 21.2. The van der Waals surface area contributed by atoms with E-state index < -0.39 is 0 Å². The van der Waals surface area contributed by atoms with Gasteiger partial charge in [0.05, 0.1) is 0 Å². The summed E-state index contributed by atoms with van der Waals surface area (Å²) in [5.74, 6) is 0.996. The number of hydrogen-bond acceptors (Lipinski definition) is 2. The van der Waals surface area contributed by atoms with Crippen molar-refractivity contribution in [3.05, 3.63) is 18.5 Å². The second kappa shape index (κ2) is 13.8. The van der Waals surface area contributed by atoms with Crippen LogP contribution in [0.4, 0.5) is 0 Å². The fraction of sp³-hybridized carbons (Fsp3) is 0.750. The number of aromatic nitrogens is 2. The Morgan fingerprint density at radius 3 is 2.68 bits per heavy atom. The Labute approximate surface area is 152 Å². The van der Waals surface area contributed by atoms with Gasteiger partial charge in [0.15, 0.2) is 5.96 Å². The van der Waals surface area contributed by atoms with Crippen molar-refractivity contribution in [2.75, 3.05) is 13.1 Å². The topological polar surface area (TPSA) is 68.2 Å². The van der Waals surface area contributed by atoms with Gasteiger partial charge in [-0.1, -0.05) is 46.0 Å². The summed E-state index contributed by atoms with van der Waals surface area (Å²) >= 11 is 0. The molecule has 1 heterocycles. The van der Waals surface area contributed by atoms with E-state index in [0.29, 0.717) is 11.9 Å². The SMILES string of the molecule is CCCCCCCCNC(N)=NCC(C)Cn1cccn1.I. The molecule has 1 rings (SSSR count). The molecule has 1 atom stereocenters. The summed E-state index contributed by atoms with van der Waals surface area (Å²) in [6, 6.07) is 1.94. The Kier molecular flexibility index (Phi) is 13.3. The normalized spacial score (nSPS) is 12.7. The molecule has 22 heavy (non-hydrogen) atoms. The summed E-state index contributed by atoms with van der Waals surface area (Å²) in [7, 11) is 0. The van der Waals surface area contributed by atoms with Crippen molar-refractivity contribution >= 4 is 29.9 Å². The minimum absolute atomic E-state index is 0. The second-order valence-electron chi connectivity index (χ2n) is 5.75. The molecule has 0 saturated carbocycles. The fourth-order valence-corrected chi connectivity index (χ4v) is 2.22. The molecule has 1 unspecified atom stereocenters. The lowest BCUT2D eigenvalue weighted by Gasteiger charge is -2.10. The Morgan fingerprint density at radius 2 is 2.00 bits per heavy atom. The molecule has 1 aromatic rings. The average molecular weight is 421 g/mol. The molecule has 0 aliphatic rings. The van der Waals surface area contributed by atoms with E-state index in [4.69, 9.17) is 5.73 Å². The van der Waals surface area contributed by atoms with E-state index in [1.807, 2.05) is 16.9 Å². The first-order valence-electron chi connectivity index (χ1n) is 8.23. The van der Waals surface area contributed by atoms with E-state index in [-0.39, 0.29) is 24.0 Å². The summed E-state index contributed by atoms with van der Waals surface area (Å²) < 4.78 is 1.93. The van der Waals surface area contributed by atoms with Crippen LogP contribution in [-0.2, 0) is 6.54 Å². The van der Waals surface area contributed by atoms with Gasteiger partial charge < -0.3 is 11.1 Å². The maximum atomic E-state index is 5.87. The third kappa shape index (κ3) is 10.9. The van der Waals surface area contributed by atoms with Gasteiger partial charge in [-0.3, -0.25) is 9.67 Å². The highest BCUT2D eigenvalue weighted by Crippen LogP contribution is 2.04. The zero-order chi connectivity index (χ0) is 15.3. The molecular weight excluding hydrogens is 389 g/mol. The highest BCUT2D eigenvalue weighted by Gasteiger charge is 2.02. The molecule has 0 aliphatic carbocycles. The monoisotopic (exact) mass is 421 g/mol. The number of aliphatic imine (C=N–C) groups is 1. The smallest absolute Gasteiger partial charge is 0.188 e. The molecule has 0 bridgehead atoms. The van der Waals surface area contributed by atoms with E-state index >= 15 is 0 Å². The maximum Gasteiger partial charge on any atom is 0.188 e. The van der Waals surface area contributed by atoms with Crippen molar-refractivity contribution in [2.24, 2.45) is 16.6 Å². The number of unbranched alkanes of at least 4 members (excludes halogenated alkanes) is 5. The van der Waals surface area contributed by atoms with Crippen LogP contribution in [-0.4, -0.2) is 28.8 Å². The van der Waals surface area contributed by atoms with Crippen molar-refractivity contribution in [3.8, 4) is 0 Å². The van der Waals surface area contributed by atoms with Crippen LogP contribution >= 0.6 is 24.0 Å². The molecule has 3 N–H and O–H groups in total. The molecule has 0 amide bonds. The van der Waals surface area contributed by atoms with E-state index in [1.54, 1.807) is 6.20 Å². The Morgan fingerprint density at radius 1 is 1.27 bits per heavy atom. The first-order valence-corrected chi connectivity index (χ1v) is 8.23. The summed E-state index contributed by atoms with van der Waals surface area (Å²) in [6.07, 6.45) is 11.5. The molecule has 0 fully saturated rings. The molecule has 0 aliphatic heterocycles. The van der Waals surface area contributed by atoms with Crippen molar-refractivity contribution in [3.63, 3.8) is 0 Å². The standard InChI is InChI=1S/C16H31N5.HI/c1-3-4-5-6-7-8-10-18-16(17)19-13-15(2)14-21-12-9-11-20-21;/h9,11-12,15H,3-8,10,13-14H2,1-2H3,(H3,17,18,19);1H. The predicted molar refractivity (Wildman–Crippen MR) is 105 cm³/mol. The van der Waals surface area contributed by atoms with Crippen LogP contribution in [0, 0.1) is 5.92 Å². The van der Waals surface area contributed by atoms with Gasteiger partial charge in [0.2, 0.25) is 0 Å². The maximum absolute atomic E-state index is 5.87. The van der Waals surface area contributed by atoms with E-state index in [9.17, 15) is 0 Å². The summed E-state index contributed by atoms with van der Waals surface area (Å²) in [4.78, 5) is 4.39. The molecule has 128 valence electrons. The predicted octanol–water partition coefficient (Wildman–Crippen LogP) is 3.40. The van der Waals surface area contributed by atoms with Crippen LogP contribution in [0.2, 0.25) is 0 Å². The van der Waals surface area contributed by atoms with Crippen LogP contribution in [0.3, 0.4) is 0 Å². The third-order valence-corrected chi connectivity index (χ3v) is 3.47. The lowest BCUT2D eigenvalue weighted by atomic mass is 10.1. The number of nitrogens with two attached hydrogens (primary N) is 1. The number of hydrogen-bond donors (Lipinski definition) is 2. The summed E-state index contributed by atoms with van der Waals surface area (Å²) in [5, 5.41) is 7.39. The average Bonchev–Trinajstić information content (AvgIpc) is 2.97. The van der Waals surface area contributed by atoms with Gasteiger partial charge in [-0.05, 0) is 18.4 Å². The van der Waals surface area contributed by atoms with Crippen LogP contribution in [0.15, 0.2) is 23.5 Å². The number of nitrogens with one attached hydrogen (secondary N) is 1. The lowest BCUT2D eigenvalue weighted by molar-refractivity contribution is 0.458. The molecular formula is C16H32IN5. The van der Waals surface area contributed by atoms with Crippen molar-refractivity contribution in [1.29, 1.82) is 0 Å². The van der Waals surface area contributed by atoms with Crippen molar-refractivity contribution in [1.82, 2.24) is 15.1 Å². The molecule has 0 spiro atoms. The second-order valence-corrected chi connectivity index (χ2v) is 5.75. The van der Waals surface area contributed by atoms with Crippen LogP contribution in [0.1, 0.15) is 52.4 Å². The first-order chi connectivity index (χ1) is 10.2. The van der Waals surface area contributed by atoms with Crippen molar-refractivity contribution in [2.45, 2.75) is 58.9 Å². The lowest BCUT2D eigenvalue weighted by Crippen LogP contribution is -2.33. The van der Waals surface area contributed by atoms with Gasteiger partial charge in [0.1, 0.15) is 0 Å². The zero-order valence-electron chi connectivity index (χ0n) is 14.0. The van der Waals surface area contributed by atoms with Gasteiger partial charge in [0, 0.05) is 32.0 Å². The quantitative estimate of drug-likeness (QED) is 0.249. The minimum atomic E-state index is 0. The zero-order valence-corrected chi connectivity index (χ0v) is 16.3. The molecule has 6 heteroatoms. The number of rotatable bonds is 11. The van der Waals surface area contributed by atoms with Gasteiger partial charge in [-0.2, -0.15) is 5.10 Å². The molecule has 0 saturated heterocycles. The van der Waals surface area contributed by atoms with Gasteiger partial charge in [-0.15, -0.1) is 24.0 Å². The fourth-order valence-electron chi connectivity index (χ4n) is 2.22. The van der Waals surface area contributed by atoms with Gasteiger partial charge >= 0.3 is 0 Å². The number of guanidine groups is 1. The molecule has 1 aromatic heterocycles. The number of nitrogens with zero attached hydrogens (tertiary/aromatic N) is 3. The minimum Gasteiger partial charge on any atom is -0.370 e. The third-order valence-electron chi connectivity index (χ3n) is 3.47. The van der Waals surface area contributed by atoms with Crippen molar-refractivity contribution < 1.29 is 0 Å². The van der Waals surface area contributed by atoms with E-state index in [1.165, 1.54) is 38.5 Å². The highest BCUT2D eigenvalue weighted by atomic mass is 127. The van der Waals surface area contributed by atoms with Crippen LogP contribution in [0.5, 0.6) is 0 Å². The van der Waals surface area contributed by atoms with Gasteiger partial charge in [0.25, 0.3) is 0 Å². The summed E-state index contributed by atoms with van der Waals surface area (Å²) in [6.45, 7) is 6.93. The van der Waals surface area contributed by atoms with Crippen LogP contribution < -0.4 is 11.1 Å².